The second kappa shape index (κ2) is 5.35. The lowest BCUT2D eigenvalue weighted by atomic mass is 10.0. The molecular weight excluding hydrogens is 275 g/mol. The predicted octanol–water partition coefficient (Wildman–Crippen LogP) is 2.25. The lowest BCUT2D eigenvalue weighted by Crippen LogP contribution is -2.53. The minimum Gasteiger partial charge on any atom is -0.480 e. The topological polar surface area (TPSA) is 60.9 Å². The monoisotopic (exact) mass is 292 g/mol. The summed E-state index contributed by atoms with van der Waals surface area (Å²) >= 11 is 0. The lowest BCUT2D eigenvalue weighted by Gasteiger charge is -2.35. The summed E-state index contributed by atoms with van der Waals surface area (Å²) in [5.41, 5.74) is 1.49. The molecule has 21 heavy (non-hydrogen) atoms. The smallest absolute Gasteiger partial charge is 0.326 e. The number of piperidine rings is 1. The van der Waals surface area contributed by atoms with Gasteiger partial charge < -0.3 is 10.0 Å². The highest BCUT2D eigenvalue weighted by Crippen LogP contribution is 2.31. The van der Waals surface area contributed by atoms with Crippen LogP contribution < -0.4 is 4.90 Å². The van der Waals surface area contributed by atoms with Crippen LogP contribution in [-0.4, -0.2) is 41.1 Å². The third-order valence-electron chi connectivity index (χ3n) is 4.21. The molecule has 2 aliphatic rings. The number of carbonyl (C=O) groups excluding carboxylic acids is 1. The average Bonchev–Trinajstić information content (AvgIpc) is 2.89. The molecule has 6 heteroatoms. The number of aliphatic carboxylic acids is 1. The molecule has 2 aliphatic heterocycles. The second-order valence-electron chi connectivity index (χ2n) is 5.50. The number of fused-ring (bicyclic) bond motifs is 1. The Morgan fingerprint density at radius 3 is 2.81 bits per heavy atom. The van der Waals surface area contributed by atoms with Gasteiger partial charge in [-0.25, -0.2) is 14.0 Å². The van der Waals surface area contributed by atoms with Crippen LogP contribution in [0.1, 0.15) is 24.8 Å². The van der Waals surface area contributed by atoms with E-state index in [4.69, 9.17) is 0 Å². The molecule has 1 unspecified atom stereocenters. The molecular formula is C15H17FN2O3. The first-order valence-electron chi connectivity index (χ1n) is 7.17. The molecule has 1 aromatic rings. The fourth-order valence-electron chi connectivity index (χ4n) is 3.12. The molecule has 1 aromatic carbocycles. The molecule has 1 saturated heterocycles. The van der Waals surface area contributed by atoms with Crippen LogP contribution in [-0.2, 0) is 11.2 Å². The van der Waals surface area contributed by atoms with E-state index in [0.29, 0.717) is 31.6 Å². The van der Waals surface area contributed by atoms with Crippen molar-refractivity contribution in [2.24, 2.45) is 0 Å². The number of hydrogen-bond acceptors (Lipinski definition) is 2. The Balaban J connectivity index is 1.86. The average molecular weight is 292 g/mol. The van der Waals surface area contributed by atoms with Crippen LogP contribution in [0.4, 0.5) is 14.9 Å². The minimum atomic E-state index is -0.971. The largest absolute Gasteiger partial charge is 0.480 e. The van der Waals surface area contributed by atoms with E-state index in [1.807, 2.05) is 0 Å². The molecule has 112 valence electrons. The van der Waals surface area contributed by atoms with Gasteiger partial charge in [-0.15, -0.1) is 0 Å². The van der Waals surface area contributed by atoms with Gasteiger partial charge in [0.1, 0.15) is 11.9 Å². The number of likely N-dealkylation sites (tertiary alicyclic amines) is 1. The first-order chi connectivity index (χ1) is 10.1. The van der Waals surface area contributed by atoms with Gasteiger partial charge in [-0.3, -0.25) is 4.90 Å². The maximum Gasteiger partial charge on any atom is 0.326 e. The van der Waals surface area contributed by atoms with E-state index >= 15 is 0 Å². The molecule has 0 saturated carbocycles. The van der Waals surface area contributed by atoms with Gasteiger partial charge in [-0.1, -0.05) is 6.07 Å². The third-order valence-corrected chi connectivity index (χ3v) is 4.21. The molecule has 1 N–H and O–H groups in total. The summed E-state index contributed by atoms with van der Waals surface area (Å²) in [7, 11) is 0. The highest BCUT2D eigenvalue weighted by molar-refractivity contribution is 5.96. The summed E-state index contributed by atoms with van der Waals surface area (Å²) in [5.74, 6) is -1.36. The van der Waals surface area contributed by atoms with Gasteiger partial charge in [-0.2, -0.15) is 0 Å². The van der Waals surface area contributed by atoms with Crippen LogP contribution in [0.3, 0.4) is 0 Å². The number of amides is 2. The highest BCUT2D eigenvalue weighted by Gasteiger charge is 2.36. The molecule has 0 bridgehead atoms. The zero-order valence-corrected chi connectivity index (χ0v) is 11.6. The SMILES string of the molecule is O=C(O)C1CCCCN1C(=O)N1CCc2ccc(F)cc21. The van der Waals surface area contributed by atoms with Gasteiger partial charge in [-0.05, 0) is 43.4 Å². The van der Waals surface area contributed by atoms with Crippen LogP contribution in [0.15, 0.2) is 18.2 Å². The molecule has 2 amide bonds. The number of carboxylic acid groups (broad SMARTS) is 1. The molecule has 0 aliphatic carbocycles. The fraction of sp³-hybridized carbons (Fsp3) is 0.467. The van der Waals surface area contributed by atoms with Gasteiger partial charge in [0.15, 0.2) is 0 Å². The summed E-state index contributed by atoms with van der Waals surface area (Å²) in [6.07, 6.45) is 2.77. The standard InChI is InChI=1S/C15H17FN2O3/c16-11-5-4-10-6-8-18(13(10)9-11)15(21)17-7-2-1-3-12(17)14(19)20/h4-5,9,12H,1-3,6-8H2,(H,19,20). The number of rotatable bonds is 1. The summed E-state index contributed by atoms with van der Waals surface area (Å²) in [6, 6.07) is 3.31. The van der Waals surface area contributed by atoms with Crippen LogP contribution in [0.2, 0.25) is 0 Å². The molecule has 5 nitrogen and oxygen atoms in total. The number of halogens is 1. The Labute approximate surface area is 122 Å². The van der Waals surface area contributed by atoms with Crippen LogP contribution in [0, 0.1) is 5.82 Å². The van der Waals surface area contributed by atoms with Crippen molar-refractivity contribution < 1.29 is 19.1 Å². The molecule has 2 heterocycles. The van der Waals surface area contributed by atoms with Crippen molar-refractivity contribution in [3.63, 3.8) is 0 Å². The quantitative estimate of drug-likeness (QED) is 0.863. The normalized spacial score (nSPS) is 21.3. The zero-order chi connectivity index (χ0) is 15.0. The van der Waals surface area contributed by atoms with Crippen molar-refractivity contribution >= 4 is 17.7 Å². The lowest BCUT2D eigenvalue weighted by molar-refractivity contribution is -0.143. The van der Waals surface area contributed by atoms with E-state index in [2.05, 4.69) is 0 Å². The maximum absolute atomic E-state index is 13.4. The van der Waals surface area contributed by atoms with Crippen molar-refractivity contribution in [1.29, 1.82) is 0 Å². The number of carboxylic acids is 1. The second-order valence-corrected chi connectivity index (χ2v) is 5.50. The van der Waals surface area contributed by atoms with E-state index < -0.39 is 12.0 Å². The summed E-state index contributed by atoms with van der Waals surface area (Å²) in [4.78, 5) is 26.9. The number of anilines is 1. The maximum atomic E-state index is 13.4. The number of hydrogen-bond donors (Lipinski definition) is 1. The van der Waals surface area contributed by atoms with Crippen molar-refractivity contribution in [3.05, 3.63) is 29.6 Å². The van der Waals surface area contributed by atoms with Crippen molar-refractivity contribution in [1.82, 2.24) is 4.90 Å². The van der Waals surface area contributed by atoms with Crippen molar-refractivity contribution in [3.8, 4) is 0 Å². The number of urea groups is 1. The Morgan fingerprint density at radius 2 is 2.05 bits per heavy atom. The summed E-state index contributed by atoms with van der Waals surface area (Å²) in [6.45, 7) is 0.914. The van der Waals surface area contributed by atoms with E-state index in [1.54, 1.807) is 6.07 Å². The van der Waals surface area contributed by atoms with Gasteiger partial charge in [0.25, 0.3) is 0 Å². The van der Waals surface area contributed by atoms with Crippen molar-refractivity contribution in [2.45, 2.75) is 31.7 Å². The summed E-state index contributed by atoms with van der Waals surface area (Å²) < 4.78 is 13.4. The van der Waals surface area contributed by atoms with E-state index in [9.17, 15) is 19.1 Å². The first-order valence-corrected chi connectivity index (χ1v) is 7.17. The number of carbonyl (C=O) groups is 2. The summed E-state index contributed by atoms with van der Waals surface area (Å²) in [5, 5.41) is 9.27. The number of benzene rings is 1. The molecule has 1 atom stereocenters. The van der Waals surface area contributed by atoms with Gasteiger partial charge in [0, 0.05) is 13.1 Å². The van der Waals surface area contributed by atoms with Crippen LogP contribution >= 0.6 is 0 Å². The zero-order valence-electron chi connectivity index (χ0n) is 11.6. The Morgan fingerprint density at radius 1 is 1.24 bits per heavy atom. The van der Waals surface area contributed by atoms with Crippen LogP contribution in [0.25, 0.3) is 0 Å². The Kier molecular flexibility index (Phi) is 3.53. The Hall–Kier alpha value is -2.11. The highest BCUT2D eigenvalue weighted by atomic mass is 19.1. The predicted molar refractivity (Wildman–Crippen MR) is 74.8 cm³/mol. The van der Waals surface area contributed by atoms with Gasteiger partial charge in [0.05, 0.1) is 5.69 Å². The molecule has 0 aromatic heterocycles. The van der Waals surface area contributed by atoms with E-state index in [0.717, 1.165) is 18.4 Å². The van der Waals surface area contributed by atoms with Crippen molar-refractivity contribution in [2.75, 3.05) is 18.0 Å². The van der Waals surface area contributed by atoms with E-state index in [1.165, 1.54) is 21.9 Å². The minimum absolute atomic E-state index is 0.327. The molecule has 0 radical (unpaired) electrons. The molecule has 0 spiro atoms. The van der Waals surface area contributed by atoms with E-state index in [-0.39, 0.29) is 11.8 Å². The van der Waals surface area contributed by atoms with Gasteiger partial charge in [0.2, 0.25) is 0 Å². The molecule has 1 fully saturated rings. The fourth-order valence-corrected chi connectivity index (χ4v) is 3.12. The number of nitrogens with zero attached hydrogens (tertiary/aromatic N) is 2. The third kappa shape index (κ3) is 2.46. The van der Waals surface area contributed by atoms with Crippen LogP contribution in [0.5, 0.6) is 0 Å². The first kappa shape index (κ1) is 13.9. The Bertz CT molecular complexity index is 590. The molecule has 3 rings (SSSR count). The van der Waals surface area contributed by atoms with Gasteiger partial charge >= 0.3 is 12.0 Å².